The second-order valence-corrected chi connectivity index (χ2v) is 7.08. The van der Waals surface area contributed by atoms with Crippen LogP contribution in [-0.2, 0) is 11.2 Å². The minimum Gasteiger partial charge on any atom is -0.497 e. The van der Waals surface area contributed by atoms with E-state index in [0.29, 0.717) is 13.2 Å². The Morgan fingerprint density at radius 2 is 1.75 bits per heavy atom. The fourth-order valence-corrected chi connectivity index (χ4v) is 3.54. The van der Waals surface area contributed by atoms with Crippen molar-refractivity contribution in [3.05, 3.63) is 59.7 Å². The summed E-state index contributed by atoms with van der Waals surface area (Å²) in [4.78, 5) is 4.98. The van der Waals surface area contributed by atoms with E-state index >= 15 is 0 Å². The van der Waals surface area contributed by atoms with Crippen LogP contribution in [0.1, 0.15) is 42.9 Å². The molecule has 4 nitrogen and oxygen atoms in total. The molecule has 0 radical (unpaired) electrons. The van der Waals surface area contributed by atoms with Crippen molar-refractivity contribution in [1.82, 2.24) is 0 Å². The third-order valence-electron chi connectivity index (χ3n) is 4.98. The summed E-state index contributed by atoms with van der Waals surface area (Å²) in [7, 11) is 3.35. The molecule has 0 atom stereocenters. The number of rotatable bonds is 7. The Morgan fingerprint density at radius 1 is 1.00 bits per heavy atom. The Balaban J connectivity index is 2.04. The molecule has 0 aliphatic heterocycles. The van der Waals surface area contributed by atoms with Gasteiger partial charge in [0.15, 0.2) is 0 Å². The molecule has 0 unspecified atom stereocenters. The van der Waals surface area contributed by atoms with Crippen molar-refractivity contribution in [2.75, 3.05) is 27.4 Å². The Bertz CT molecular complexity index is 853. The third-order valence-corrected chi connectivity index (χ3v) is 4.98. The minimum atomic E-state index is 0.524. The number of allylic oxidation sites excluding steroid dienone is 1. The van der Waals surface area contributed by atoms with Gasteiger partial charge >= 0.3 is 0 Å². The summed E-state index contributed by atoms with van der Waals surface area (Å²) in [6, 6.07) is 12.1. The number of aliphatic imine (C=N–C) groups is 1. The second kappa shape index (κ2) is 9.56. The van der Waals surface area contributed by atoms with Crippen molar-refractivity contribution in [2.45, 2.75) is 32.6 Å². The third kappa shape index (κ3) is 4.82. The van der Waals surface area contributed by atoms with Crippen LogP contribution in [0.2, 0.25) is 0 Å². The molecule has 0 aromatic heterocycles. The van der Waals surface area contributed by atoms with E-state index in [1.807, 2.05) is 24.3 Å². The monoisotopic (exact) mass is 379 g/mol. The van der Waals surface area contributed by atoms with Crippen molar-refractivity contribution >= 4 is 17.0 Å². The zero-order valence-corrected chi connectivity index (χ0v) is 17.1. The minimum absolute atomic E-state index is 0.524. The quantitative estimate of drug-likeness (QED) is 0.464. The molecule has 2 aromatic rings. The molecule has 28 heavy (non-hydrogen) atoms. The first-order valence-corrected chi connectivity index (χ1v) is 9.79. The number of hydrogen-bond donors (Lipinski definition) is 0. The first-order chi connectivity index (χ1) is 13.6. The predicted octanol–water partition coefficient (Wildman–Crippen LogP) is 5.60. The van der Waals surface area contributed by atoms with Gasteiger partial charge in [-0.15, -0.1) is 0 Å². The molecule has 0 N–H and O–H groups in total. The summed E-state index contributed by atoms with van der Waals surface area (Å²) >= 11 is 0. The van der Waals surface area contributed by atoms with Crippen LogP contribution >= 0.6 is 0 Å². The highest BCUT2D eigenvalue weighted by Gasteiger charge is 2.19. The number of nitrogens with zero attached hydrogens (tertiary/aromatic N) is 1. The van der Waals surface area contributed by atoms with Crippen LogP contribution in [0, 0.1) is 0 Å². The summed E-state index contributed by atoms with van der Waals surface area (Å²) in [5.74, 6) is 1.68. The highest BCUT2D eigenvalue weighted by Crippen LogP contribution is 2.33. The Hall–Kier alpha value is -2.59. The van der Waals surface area contributed by atoms with Crippen LogP contribution in [0.25, 0.3) is 5.57 Å². The fraction of sp³-hybridized carbons (Fsp3) is 0.375. The van der Waals surface area contributed by atoms with E-state index in [4.69, 9.17) is 19.2 Å². The normalized spacial score (nSPS) is 15.0. The van der Waals surface area contributed by atoms with E-state index in [2.05, 4.69) is 25.6 Å². The number of ether oxygens (including phenoxy) is 3. The molecule has 0 fully saturated rings. The van der Waals surface area contributed by atoms with Crippen molar-refractivity contribution in [1.29, 1.82) is 0 Å². The van der Waals surface area contributed by atoms with E-state index < -0.39 is 0 Å². The molecular formula is C24H29NO3. The smallest absolute Gasteiger partial charge is 0.120 e. The maximum absolute atomic E-state index is 5.94. The largest absolute Gasteiger partial charge is 0.497 e. The van der Waals surface area contributed by atoms with Gasteiger partial charge in [-0.1, -0.05) is 12.2 Å². The maximum atomic E-state index is 5.94. The van der Waals surface area contributed by atoms with Gasteiger partial charge < -0.3 is 14.2 Å². The van der Waals surface area contributed by atoms with Gasteiger partial charge in [0, 0.05) is 18.4 Å². The van der Waals surface area contributed by atoms with Crippen LogP contribution in [-0.4, -0.2) is 33.1 Å². The van der Waals surface area contributed by atoms with Gasteiger partial charge in [-0.2, -0.15) is 0 Å². The summed E-state index contributed by atoms with van der Waals surface area (Å²) < 4.78 is 16.3. The predicted molar refractivity (Wildman–Crippen MR) is 115 cm³/mol. The molecule has 3 rings (SSSR count). The molecular weight excluding hydrogens is 350 g/mol. The number of benzene rings is 2. The molecule has 0 heterocycles. The lowest BCUT2D eigenvalue weighted by Crippen LogP contribution is -2.08. The second-order valence-electron chi connectivity index (χ2n) is 7.08. The van der Waals surface area contributed by atoms with Crippen LogP contribution in [0.3, 0.4) is 0 Å². The van der Waals surface area contributed by atoms with Gasteiger partial charge in [0.1, 0.15) is 18.1 Å². The molecule has 0 amide bonds. The van der Waals surface area contributed by atoms with Crippen molar-refractivity contribution in [3.8, 4) is 11.5 Å². The maximum Gasteiger partial charge on any atom is 0.120 e. The fourth-order valence-electron chi connectivity index (χ4n) is 3.54. The molecule has 0 saturated carbocycles. The molecule has 1 aliphatic rings. The average molecular weight is 380 g/mol. The summed E-state index contributed by atoms with van der Waals surface area (Å²) in [5, 5.41) is 0. The van der Waals surface area contributed by atoms with Crippen molar-refractivity contribution in [3.63, 3.8) is 0 Å². The summed E-state index contributed by atoms with van der Waals surface area (Å²) in [6.07, 6.45) is 4.27. The number of fused-ring (bicyclic) bond motifs is 1. The molecule has 0 saturated heterocycles. The van der Waals surface area contributed by atoms with Gasteiger partial charge in [0.2, 0.25) is 0 Å². The lowest BCUT2D eigenvalue weighted by Gasteiger charge is -2.17. The molecule has 148 valence electrons. The zero-order chi connectivity index (χ0) is 19.9. The lowest BCUT2D eigenvalue weighted by atomic mass is 9.92. The van der Waals surface area contributed by atoms with Crippen molar-refractivity contribution < 1.29 is 14.2 Å². The number of methoxy groups -OCH3 is 2. The van der Waals surface area contributed by atoms with Gasteiger partial charge in [-0.25, -0.2) is 0 Å². The van der Waals surface area contributed by atoms with E-state index in [0.717, 1.165) is 54.2 Å². The van der Waals surface area contributed by atoms with E-state index in [-0.39, 0.29) is 0 Å². The van der Waals surface area contributed by atoms with Crippen LogP contribution < -0.4 is 9.47 Å². The molecule has 0 bridgehead atoms. The molecule has 2 aromatic carbocycles. The van der Waals surface area contributed by atoms with E-state index in [1.165, 1.54) is 16.7 Å². The van der Waals surface area contributed by atoms with Gasteiger partial charge in [-0.05, 0) is 80.1 Å². The summed E-state index contributed by atoms with van der Waals surface area (Å²) in [5.41, 5.74) is 6.79. The van der Waals surface area contributed by atoms with Gasteiger partial charge in [0.25, 0.3) is 0 Å². The van der Waals surface area contributed by atoms with Crippen LogP contribution in [0.4, 0.5) is 5.69 Å². The Morgan fingerprint density at radius 3 is 2.43 bits per heavy atom. The summed E-state index contributed by atoms with van der Waals surface area (Å²) in [6.45, 7) is 7.34. The van der Waals surface area contributed by atoms with E-state index in [9.17, 15) is 0 Å². The molecule has 0 spiro atoms. The zero-order valence-electron chi connectivity index (χ0n) is 17.1. The van der Waals surface area contributed by atoms with Crippen molar-refractivity contribution in [2.24, 2.45) is 4.99 Å². The average Bonchev–Trinajstić information content (AvgIpc) is 2.90. The van der Waals surface area contributed by atoms with Gasteiger partial charge in [-0.3, -0.25) is 4.99 Å². The van der Waals surface area contributed by atoms with E-state index in [1.54, 1.807) is 14.2 Å². The first kappa shape index (κ1) is 20.2. The lowest BCUT2D eigenvalue weighted by molar-refractivity contribution is 0.146. The standard InChI is InChI=1S/C24H29NO3/c1-17(2)22-15-20(28-14-13-26-3)16-23-21(22)7-5-6-8-24(23)25-18-9-11-19(27-4)12-10-18/h9-12,15-16H,1,5-8,13-14H2,2-4H3/b25-24+. The van der Waals surface area contributed by atoms with Gasteiger partial charge in [0.05, 0.1) is 19.4 Å². The van der Waals surface area contributed by atoms with Crippen LogP contribution in [0.5, 0.6) is 11.5 Å². The SMILES string of the molecule is C=C(C)c1cc(OCCOC)cc2c1CCCC/C2=N\c1ccc(OC)cc1. The van der Waals surface area contributed by atoms with Crippen LogP contribution in [0.15, 0.2) is 48.0 Å². The highest BCUT2D eigenvalue weighted by molar-refractivity contribution is 6.04. The molecule has 4 heteroatoms. The highest BCUT2D eigenvalue weighted by atomic mass is 16.5. The Kier molecular flexibility index (Phi) is 6.88. The molecule has 1 aliphatic carbocycles. The Labute approximate surface area is 167 Å². The topological polar surface area (TPSA) is 40.0 Å². The first-order valence-electron chi connectivity index (χ1n) is 9.79. The number of hydrogen-bond acceptors (Lipinski definition) is 4.